The number of piperazine rings is 1. The highest BCUT2D eigenvalue weighted by Gasteiger charge is 2.34. The van der Waals surface area contributed by atoms with E-state index in [4.69, 9.17) is 10.5 Å². The maximum Gasteiger partial charge on any atom is 0.410 e. The molecule has 0 aromatic rings. The van der Waals surface area contributed by atoms with E-state index in [1.165, 1.54) is 0 Å². The summed E-state index contributed by atoms with van der Waals surface area (Å²) in [5.41, 5.74) is 5.43. The summed E-state index contributed by atoms with van der Waals surface area (Å²) in [5, 5.41) is 0. The Hall–Kier alpha value is -1.30. The Morgan fingerprint density at radius 3 is 2.24 bits per heavy atom. The Labute approximate surface area is 127 Å². The van der Waals surface area contributed by atoms with Crippen LogP contribution < -0.4 is 5.73 Å². The molecule has 122 valence electrons. The first-order valence-electron chi connectivity index (χ1n) is 7.57. The maximum atomic E-state index is 12.3. The third-order valence-corrected chi connectivity index (χ3v) is 3.57. The maximum absolute atomic E-state index is 12.3. The molecule has 6 heteroatoms. The molecule has 0 aliphatic carbocycles. The summed E-state index contributed by atoms with van der Waals surface area (Å²) in [6.07, 6.45) is -0.324. The fourth-order valence-corrected chi connectivity index (χ4v) is 2.25. The number of carbonyl (C=O) groups excluding carboxylic acids is 2. The second-order valence-electron chi connectivity index (χ2n) is 7.08. The zero-order valence-corrected chi connectivity index (χ0v) is 14.0. The summed E-state index contributed by atoms with van der Waals surface area (Å²) in [5.74, 6) is 0.0647. The normalized spacial score (nSPS) is 21.4. The van der Waals surface area contributed by atoms with Crippen LogP contribution in [-0.4, -0.2) is 59.1 Å². The number of nitrogens with zero attached hydrogens (tertiary/aromatic N) is 2. The highest BCUT2D eigenvalue weighted by Crippen LogP contribution is 2.16. The molecule has 1 heterocycles. The standard InChI is InChI=1S/C15H29N3O3/c1-10(2)12(16)13(19)18-8-7-17(9-11(18)3)14(20)21-15(4,5)6/h10-12H,7-9,16H2,1-6H3/t11-,12+/m1/s1. The highest BCUT2D eigenvalue weighted by atomic mass is 16.6. The number of ether oxygens (including phenoxy) is 1. The minimum Gasteiger partial charge on any atom is -0.444 e. The Bertz CT molecular complexity index is 390. The quantitative estimate of drug-likeness (QED) is 0.837. The van der Waals surface area contributed by atoms with Crippen LogP contribution in [0.15, 0.2) is 0 Å². The Kier molecular flexibility index (Phi) is 5.61. The molecule has 0 radical (unpaired) electrons. The minimum absolute atomic E-state index is 0.0404. The summed E-state index contributed by atoms with van der Waals surface area (Å²) >= 11 is 0. The molecule has 1 saturated heterocycles. The highest BCUT2D eigenvalue weighted by molar-refractivity contribution is 5.82. The van der Waals surface area contributed by atoms with E-state index in [0.717, 1.165) is 0 Å². The molecule has 21 heavy (non-hydrogen) atoms. The van der Waals surface area contributed by atoms with Crippen LogP contribution in [0.2, 0.25) is 0 Å². The molecule has 2 N–H and O–H groups in total. The molecule has 2 atom stereocenters. The number of nitrogens with two attached hydrogens (primary N) is 1. The zero-order chi connectivity index (χ0) is 16.4. The fourth-order valence-electron chi connectivity index (χ4n) is 2.25. The van der Waals surface area contributed by atoms with Gasteiger partial charge in [-0.1, -0.05) is 13.8 Å². The van der Waals surface area contributed by atoms with Gasteiger partial charge in [-0.15, -0.1) is 0 Å². The van der Waals surface area contributed by atoms with Crippen LogP contribution in [0.1, 0.15) is 41.5 Å². The van der Waals surface area contributed by atoms with Gasteiger partial charge in [0.2, 0.25) is 5.91 Å². The van der Waals surface area contributed by atoms with Gasteiger partial charge in [-0.05, 0) is 33.6 Å². The third-order valence-electron chi connectivity index (χ3n) is 3.57. The zero-order valence-electron chi connectivity index (χ0n) is 14.0. The van der Waals surface area contributed by atoms with E-state index in [2.05, 4.69) is 0 Å². The molecule has 6 nitrogen and oxygen atoms in total. The van der Waals surface area contributed by atoms with Gasteiger partial charge in [-0.3, -0.25) is 4.79 Å². The van der Waals surface area contributed by atoms with E-state index >= 15 is 0 Å². The lowest BCUT2D eigenvalue weighted by Crippen LogP contribution is -2.59. The van der Waals surface area contributed by atoms with Crippen LogP contribution in [0, 0.1) is 5.92 Å². The van der Waals surface area contributed by atoms with Crippen molar-refractivity contribution in [2.45, 2.75) is 59.2 Å². The lowest BCUT2D eigenvalue weighted by molar-refractivity contribution is -0.138. The van der Waals surface area contributed by atoms with Crippen molar-refractivity contribution in [2.75, 3.05) is 19.6 Å². The molecule has 1 aliphatic rings. The van der Waals surface area contributed by atoms with Crippen LogP contribution in [0.25, 0.3) is 0 Å². The average Bonchev–Trinajstić information content (AvgIpc) is 2.34. The van der Waals surface area contributed by atoms with Gasteiger partial charge >= 0.3 is 6.09 Å². The molecule has 1 fully saturated rings. The summed E-state index contributed by atoms with van der Waals surface area (Å²) in [7, 11) is 0. The molecular weight excluding hydrogens is 270 g/mol. The first-order valence-corrected chi connectivity index (χ1v) is 7.57. The molecule has 0 aromatic carbocycles. The van der Waals surface area contributed by atoms with Crippen molar-refractivity contribution < 1.29 is 14.3 Å². The Morgan fingerprint density at radius 1 is 1.24 bits per heavy atom. The minimum atomic E-state index is -0.507. The monoisotopic (exact) mass is 299 g/mol. The lowest BCUT2D eigenvalue weighted by Gasteiger charge is -2.41. The van der Waals surface area contributed by atoms with E-state index in [1.807, 2.05) is 41.5 Å². The van der Waals surface area contributed by atoms with Crippen LogP contribution in [-0.2, 0) is 9.53 Å². The summed E-state index contributed by atoms with van der Waals surface area (Å²) < 4.78 is 5.37. The van der Waals surface area contributed by atoms with Crippen LogP contribution >= 0.6 is 0 Å². The van der Waals surface area contributed by atoms with Gasteiger partial charge in [0.15, 0.2) is 0 Å². The van der Waals surface area contributed by atoms with Crippen molar-refractivity contribution in [3.05, 3.63) is 0 Å². The predicted molar refractivity (Wildman–Crippen MR) is 81.8 cm³/mol. The van der Waals surface area contributed by atoms with Gasteiger partial charge in [0.1, 0.15) is 5.60 Å². The second kappa shape index (κ2) is 6.64. The molecule has 2 amide bonds. The number of hydrogen-bond donors (Lipinski definition) is 1. The summed E-state index contributed by atoms with van der Waals surface area (Å²) in [6, 6.07) is -0.538. The van der Waals surface area contributed by atoms with Crippen molar-refractivity contribution in [2.24, 2.45) is 11.7 Å². The fraction of sp³-hybridized carbons (Fsp3) is 0.867. The van der Waals surface area contributed by atoms with Gasteiger partial charge in [-0.25, -0.2) is 4.79 Å². The molecular formula is C15H29N3O3. The lowest BCUT2D eigenvalue weighted by atomic mass is 10.0. The number of amides is 2. The molecule has 0 unspecified atom stereocenters. The van der Waals surface area contributed by atoms with E-state index in [0.29, 0.717) is 19.6 Å². The van der Waals surface area contributed by atoms with Gasteiger partial charge in [0.25, 0.3) is 0 Å². The third kappa shape index (κ3) is 4.88. The number of hydrogen-bond acceptors (Lipinski definition) is 4. The molecule has 1 aliphatic heterocycles. The van der Waals surface area contributed by atoms with E-state index < -0.39 is 11.6 Å². The Morgan fingerprint density at radius 2 is 1.81 bits per heavy atom. The van der Waals surface area contributed by atoms with E-state index in [1.54, 1.807) is 9.80 Å². The SMILES string of the molecule is CC(C)[C@H](N)C(=O)N1CCN(C(=O)OC(C)(C)C)C[C@H]1C. The first-order chi connectivity index (χ1) is 9.53. The van der Waals surface area contributed by atoms with Crippen LogP contribution in [0.3, 0.4) is 0 Å². The molecule has 0 bridgehead atoms. The van der Waals surface area contributed by atoms with Gasteiger partial charge in [-0.2, -0.15) is 0 Å². The van der Waals surface area contributed by atoms with Crippen LogP contribution in [0.4, 0.5) is 4.79 Å². The van der Waals surface area contributed by atoms with Crippen molar-refractivity contribution >= 4 is 12.0 Å². The molecule has 0 aromatic heterocycles. The van der Waals surface area contributed by atoms with E-state index in [9.17, 15) is 9.59 Å². The number of carbonyl (C=O) groups is 2. The van der Waals surface area contributed by atoms with Gasteiger partial charge < -0.3 is 20.3 Å². The molecule has 1 rings (SSSR count). The smallest absolute Gasteiger partial charge is 0.410 e. The van der Waals surface area contributed by atoms with Crippen molar-refractivity contribution in [1.82, 2.24) is 9.80 Å². The van der Waals surface area contributed by atoms with Crippen molar-refractivity contribution in [3.8, 4) is 0 Å². The average molecular weight is 299 g/mol. The molecule has 0 spiro atoms. The first kappa shape index (κ1) is 17.8. The predicted octanol–water partition coefficient (Wildman–Crippen LogP) is 1.44. The molecule has 0 saturated carbocycles. The summed E-state index contributed by atoms with van der Waals surface area (Å²) in [6.45, 7) is 12.8. The van der Waals surface area contributed by atoms with Crippen molar-refractivity contribution in [1.29, 1.82) is 0 Å². The topological polar surface area (TPSA) is 75.9 Å². The van der Waals surface area contributed by atoms with Gasteiger partial charge in [0.05, 0.1) is 6.04 Å². The van der Waals surface area contributed by atoms with Crippen molar-refractivity contribution in [3.63, 3.8) is 0 Å². The van der Waals surface area contributed by atoms with Crippen LogP contribution in [0.5, 0.6) is 0 Å². The summed E-state index contributed by atoms with van der Waals surface area (Å²) in [4.78, 5) is 27.8. The largest absolute Gasteiger partial charge is 0.444 e. The van der Waals surface area contributed by atoms with E-state index in [-0.39, 0.29) is 24.0 Å². The Balaban J connectivity index is 2.62. The number of rotatable bonds is 2. The van der Waals surface area contributed by atoms with Gasteiger partial charge in [0, 0.05) is 25.7 Å². The second-order valence-corrected chi connectivity index (χ2v) is 7.08.